The molecule has 0 saturated carbocycles. The standard InChI is InChI=1S/C21H26N6O2S/c1-12(2)9-26-18-16(20(28)25(6)21(26)29)17(19-22-7-8-24(19)5)27(23-18)10-15-11-30-14(4)13(15)3/h7-8,11-12H,9-10H2,1-6H3. The van der Waals surface area contributed by atoms with Crippen molar-refractivity contribution in [2.24, 2.45) is 20.0 Å². The molecule has 4 rings (SSSR count). The van der Waals surface area contributed by atoms with Crippen molar-refractivity contribution in [2.75, 3.05) is 0 Å². The zero-order valence-corrected chi connectivity index (χ0v) is 18.9. The molecule has 0 fully saturated rings. The Bertz CT molecular complexity index is 1360. The molecule has 158 valence electrons. The largest absolute Gasteiger partial charge is 0.333 e. The quantitative estimate of drug-likeness (QED) is 0.491. The third-order valence-electron chi connectivity index (χ3n) is 5.51. The molecule has 0 atom stereocenters. The number of aromatic nitrogens is 6. The predicted molar refractivity (Wildman–Crippen MR) is 119 cm³/mol. The van der Waals surface area contributed by atoms with Crippen molar-refractivity contribution in [2.45, 2.75) is 40.8 Å². The number of fused-ring (bicyclic) bond motifs is 1. The van der Waals surface area contributed by atoms with E-state index in [1.807, 2.05) is 36.3 Å². The van der Waals surface area contributed by atoms with Gasteiger partial charge in [0.1, 0.15) is 11.1 Å². The lowest BCUT2D eigenvalue weighted by atomic mass is 10.2. The van der Waals surface area contributed by atoms with E-state index < -0.39 is 0 Å². The highest BCUT2D eigenvalue weighted by molar-refractivity contribution is 7.10. The first kappa shape index (κ1) is 20.3. The molecule has 0 unspecified atom stereocenters. The number of hydrogen-bond donors (Lipinski definition) is 0. The first-order chi connectivity index (χ1) is 14.2. The SMILES string of the molecule is Cc1scc(Cn2nc3c(c2-c2nccn2C)c(=O)n(C)c(=O)n3CC(C)C)c1C. The number of rotatable bonds is 5. The number of hydrogen-bond acceptors (Lipinski definition) is 5. The number of aryl methyl sites for hydroxylation is 2. The van der Waals surface area contributed by atoms with Crippen molar-refractivity contribution in [3.63, 3.8) is 0 Å². The van der Waals surface area contributed by atoms with Crippen LogP contribution in [0.2, 0.25) is 0 Å². The van der Waals surface area contributed by atoms with Gasteiger partial charge in [0.25, 0.3) is 5.56 Å². The van der Waals surface area contributed by atoms with Gasteiger partial charge in [-0.15, -0.1) is 11.3 Å². The van der Waals surface area contributed by atoms with Crippen molar-refractivity contribution >= 4 is 22.4 Å². The van der Waals surface area contributed by atoms with Gasteiger partial charge in [0.2, 0.25) is 0 Å². The summed E-state index contributed by atoms with van der Waals surface area (Å²) < 4.78 is 6.47. The lowest BCUT2D eigenvalue weighted by Crippen LogP contribution is -2.38. The molecule has 9 heteroatoms. The van der Waals surface area contributed by atoms with Crippen LogP contribution >= 0.6 is 11.3 Å². The topological polar surface area (TPSA) is 79.6 Å². The molecule has 0 aromatic carbocycles. The van der Waals surface area contributed by atoms with Crippen molar-refractivity contribution in [3.05, 3.63) is 54.6 Å². The Morgan fingerprint density at radius 2 is 1.90 bits per heavy atom. The van der Waals surface area contributed by atoms with Gasteiger partial charge in [-0.05, 0) is 36.3 Å². The third kappa shape index (κ3) is 3.13. The highest BCUT2D eigenvalue weighted by atomic mass is 32.1. The molecular weight excluding hydrogens is 400 g/mol. The average molecular weight is 427 g/mol. The van der Waals surface area contributed by atoms with E-state index in [1.54, 1.807) is 22.1 Å². The molecule has 4 aromatic rings. The lowest BCUT2D eigenvalue weighted by molar-refractivity contribution is 0.498. The molecule has 0 N–H and O–H groups in total. The Morgan fingerprint density at radius 3 is 2.47 bits per heavy atom. The minimum atomic E-state index is -0.350. The molecule has 8 nitrogen and oxygen atoms in total. The molecular formula is C21H26N6O2S. The summed E-state index contributed by atoms with van der Waals surface area (Å²) in [6.07, 6.45) is 3.54. The van der Waals surface area contributed by atoms with E-state index in [-0.39, 0.29) is 17.2 Å². The molecule has 0 bridgehead atoms. The smallest absolute Gasteiger partial charge is 0.332 e. The first-order valence-corrected chi connectivity index (χ1v) is 10.8. The summed E-state index contributed by atoms with van der Waals surface area (Å²) >= 11 is 1.70. The Hall–Kier alpha value is -2.94. The molecule has 0 aliphatic rings. The second-order valence-electron chi connectivity index (χ2n) is 8.16. The van der Waals surface area contributed by atoms with Gasteiger partial charge in [-0.25, -0.2) is 9.78 Å². The van der Waals surface area contributed by atoms with Crippen LogP contribution in [-0.2, 0) is 27.2 Å². The number of thiophene rings is 1. The maximum atomic E-state index is 13.2. The molecule has 0 spiro atoms. The maximum absolute atomic E-state index is 13.2. The summed E-state index contributed by atoms with van der Waals surface area (Å²) in [5, 5.41) is 7.34. The van der Waals surface area contributed by atoms with Gasteiger partial charge in [-0.3, -0.25) is 18.6 Å². The van der Waals surface area contributed by atoms with Gasteiger partial charge in [0.05, 0.1) is 6.54 Å². The van der Waals surface area contributed by atoms with Crippen LogP contribution in [-0.4, -0.2) is 28.5 Å². The molecule has 0 radical (unpaired) electrons. The Morgan fingerprint density at radius 1 is 1.17 bits per heavy atom. The van der Waals surface area contributed by atoms with E-state index in [2.05, 4.69) is 24.2 Å². The van der Waals surface area contributed by atoms with Crippen molar-refractivity contribution < 1.29 is 0 Å². The zero-order valence-electron chi connectivity index (χ0n) is 18.1. The highest BCUT2D eigenvalue weighted by Crippen LogP contribution is 2.28. The molecule has 0 amide bonds. The minimum Gasteiger partial charge on any atom is -0.333 e. The van der Waals surface area contributed by atoms with Crippen LogP contribution in [0.15, 0.2) is 27.4 Å². The van der Waals surface area contributed by atoms with Crippen LogP contribution in [0.1, 0.15) is 29.9 Å². The Labute approximate surface area is 178 Å². The lowest BCUT2D eigenvalue weighted by Gasteiger charge is -2.11. The fraction of sp³-hybridized carbons (Fsp3) is 0.429. The zero-order chi connectivity index (χ0) is 21.7. The van der Waals surface area contributed by atoms with Gasteiger partial charge in [0, 0.05) is 37.9 Å². The monoisotopic (exact) mass is 426 g/mol. The normalized spacial score (nSPS) is 11.8. The van der Waals surface area contributed by atoms with Crippen molar-refractivity contribution in [1.29, 1.82) is 0 Å². The number of imidazole rings is 1. The van der Waals surface area contributed by atoms with Crippen LogP contribution in [0, 0.1) is 19.8 Å². The molecule has 0 aliphatic heterocycles. The van der Waals surface area contributed by atoms with E-state index in [0.717, 1.165) is 5.56 Å². The van der Waals surface area contributed by atoms with Crippen LogP contribution in [0.3, 0.4) is 0 Å². The van der Waals surface area contributed by atoms with Crippen LogP contribution in [0.5, 0.6) is 0 Å². The summed E-state index contributed by atoms with van der Waals surface area (Å²) in [6, 6.07) is 0. The van der Waals surface area contributed by atoms with E-state index in [1.165, 1.54) is 22.1 Å². The molecule has 0 saturated heterocycles. The van der Waals surface area contributed by atoms with E-state index in [4.69, 9.17) is 5.10 Å². The predicted octanol–water partition coefficient (Wildman–Crippen LogP) is 2.68. The van der Waals surface area contributed by atoms with E-state index >= 15 is 0 Å². The second kappa shape index (κ2) is 7.39. The molecule has 4 aromatic heterocycles. The summed E-state index contributed by atoms with van der Waals surface area (Å²) in [6.45, 7) is 9.26. The number of nitrogens with zero attached hydrogens (tertiary/aromatic N) is 6. The molecule has 4 heterocycles. The van der Waals surface area contributed by atoms with E-state index in [9.17, 15) is 9.59 Å². The van der Waals surface area contributed by atoms with Crippen LogP contribution in [0.25, 0.3) is 22.6 Å². The molecule has 0 aliphatic carbocycles. The highest BCUT2D eigenvalue weighted by Gasteiger charge is 2.25. The fourth-order valence-electron chi connectivity index (χ4n) is 3.71. The first-order valence-electron chi connectivity index (χ1n) is 9.92. The summed E-state index contributed by atoms with van der Waals surface area (Å²) in [5.41, 5.74) is 2.73. The van der Waals surface area contributed by atoms with Crippen molar-refractivity contribution in [1.82, 2.24) is 28.5 Å². The summed E-state index contributed by atoms with van der Waals surface area (Å²) in [5.74, 6) is 0.876. The summed E-state index contributed by atoms with van der Waals surface area (Å²) in [4.78, 5) is 31.8. The van der Waals surface area contributed by atoms with Crippen LogP contribution in [0.4, 0.5) is 0 Å². The van der Waals surface area contributed by atoms with Crippen molar-refractivity contribution in [3.8, 4) is 11.5 Å². The van der Waals surface area contributed by atoms with Gasteiger partial charge in [0.15, 0.2) is 11.5 Å². The van der Waals surface area contributed by atoms with Gasteiger partial charge in [-0.1, -0.05) is 13.8 Å². The summed E-state index contributed by atoms with van der Waals surface area (Å²) in [7, 11) is 3.41. The second-order valence-corrected chi connectivity index (χ2v) is 9.24. The maximum Gasteiger partial charge on any atom is 0.332 e. The van der Waals surface area contributed by atoms with E-state index in [0.29, 0.717) is 35.6 Å². The minimum absolute atomic E-state index is 0.229. The Kier molecular flexibility index (Phi) is 5.01. The Balaban J connectivity index is 2.09. The van der Waals surface area contributed by atoms with Gasteiger partial charge in [-0.2, -0.15) is 5.10 Å². The fourth-order valence-corrected chi connectivity index (χ4v) is 4.58. The average Bonchev–Trinajstić information content (AvgIpc) is 3.36. The molecule has 30 heavy (non-hydrogen) atoms. The van der Waals surface area contributed by atoms with Gasteiger partial charge >= 0.3 is 5.69 Å². The van der Waals surface area contributed by atoms with Gasteiger partial charge < -0.3 is 4.57 Å². The van der Waals surface area contributed by atoms with Crippen LogP contribution < -0.4 is 11.2 Å². The third-order valence-corrected chi connectivity index (χ3v) is 6.58.